The summed E-state index contributed by atoms with van der Waals surface area (Å²) in [5.74, 6) is 0. The summed E-state index contributed by atoms with van der Waals surface area (Å²) in [5, 5.41) is 0. The van der Waals surface area contributed by atoms with E-state index in [1.807, 2.05) is 107 Å². The average molecular weight is 575 g/mol. The van der Waals surface area contributed by atoms with Crippen molar-refractivity contribution in [2.45, 2.75) is 13.1 Å². The van der Waals surface area contributed by atoms with Crippen molar-refractivity contribution in [1.29, 1.82) is 0 Å². The molecule has 0 aliphatic carbocycles. The zero-order valence-electron chi connectivity index (χ0n) is 18.8. The Bertz CT molecular complexity index is 1070. The van der Waals surface area contributed by atoms with E-state index in [2.05, 4.69) is 24.3 Å². The van der Waals surface area contributed by atoms with E-state index < -0.39 is 0 Å². The number of hydrogen-bond donors (Lipinski definition) is 0. The second-order valence-electron chi connectivity index (χ2n) is 7.35. The van der Waals surface area contributed by atoms with Gasteiger partial charge in [-0.3, -0.25) is 0 Å². The summed E-state index contributed by atoms with van der Waals surface area (Å²) < 4.78 is 0.945. The number of benzene rings is 4. The van der Waals surface area contributed by atoms with Crippen LogP contribution >= 0.6 is 24.4 Å². The van der Waals surface area contributed by atoms with E-state index in [9.17, 15) is 0 Å². The number of nitrogens with zero attached hydrogens (tertiary/aromatic N) is 2. The zero-order valence-corrected chi connectivity index (χ0v) is 23.1. The second kappa shape index (κ2) is 15.6. The SMILES string of the molecule is S=C([S-])N(Cc1ccccc1)c1ccccc1.S=C([S-])N(Cc1ccccc1)c1ccccc1.[Ni+2]. The molecular weight excluding hydrogens is 551 g/mol. The molecule has 0 aliphatic rings. The summed E-state index contributed by atoms with van der Waals surface area (Å²) in [4.78, 5) is 3.92. The third kappa shape index (κ3) is 9.63. The van der Waals surface area contributed by atoms with E-state index >= 15 is 0 Å². The molecule has 4 aromatic rings. The first kappa shape index (κ1) is 28.8. The fourth-order valence-corrected chi connectivity index (χ4v) is 3.95. The van der Waals surface area contributed by atoms with Gasteiger partial charge >= 0.3 is 16.5 Å². The molecule has 0 aromatic heterocycles. The quantitative estimate of drug-likeness (QED) is 0.137. The molecule has 0 N–H and O–H groups in total. The summed E-state index contributed by atoms with van der Waals surface area (Å²) >= 11 is 20.6. The van der Waals surface area contributed by atoms with Gasteiger partial charge in [0.25, 0.3) is 0 Å². The number of rotatable bonds is 6. The number of para-hydroxylation sites is 2. The summed E-state index contributed by atoms with van der Waals surface area (Å²) in [5.41, 5.74) is 4.47. The van der Waals surface area contributed by atoms with Crippen molar-refractivity contribution < 1.29 is 16.5 Å². The minimum Gasteiger partial charge on any atom is -0.411 e. The van der Waals surface area contributed by atoms with E-state index in [0.717, 1.165) is 11.4 Å². The first-order valence-electron chi connectivity index (χ1n) is 10.7. The molecule has 2 nitrogen and oxygen atoms in total. The van der Waals surface area contributed by atoms with Gasteiger partial charge in [-0.05, 0) is 35.4 Å². The summed E-state index contributed by atoms with van der Waals surface area (Å²) in [6.07, 6.45) is 0. The third-order valence-corrected chi connectivity index (χ3v) is 5.83. The van der Waals surface area contributed by atoms with Crippen molar-refractivity contribution in [3.63, 3.8) is 0 Å². The number of hydrogen-bond acceptors (Lipinski definition) is 4. The van der Waals surface area contributed by atoms with E-state index in [1.165, 1.54) is 11.1 Å². The molecule has 180 valence electrons. The smallest absolute Gasteiger partial charge is 0.411 e. The van der Waals surface area contributed by atoms with Crippen LogP contribution in [0.3, 0.4) is 0 Å². The predicted octanol–water partition coefficient (Wildman–Crippen LogP) is 7.05. The molecule has 0 bridgehead atoms. The van der Waals surface area contributed by atoms with Crippen molar-refractivity contribution in [2.75, 3.05) is 9.80 Å². The van der Waals surface area contributed by atoms with Gasteiger partial charge in [-0.15, -0.1) is 0 Å². The first-order chi connectivity index (χ1) is 16.5. The predicted molar refractivity (Wildman–Crippen MR) is 158 cm³/mol. The molecule has 4 rings (SSSR count). The van der Waals surface area contributed by atoms with Crippen LogP contribution in [0.2, 0.25) is 0 Å². The average Bonchev–Trinajstić information content (AvgIpc) is 2.88. The van der Waals surface area contributed by atoms with Gasteiger partial charge in [-0.1, -0.05) is 106 Å². The van der Waals surface area contributed by atoms with Gasteiger partial charge in [-0.25, -0.2) is 0 Å². The second-order valence-corrected chi connectivity index (χ2v) is 9.41. The number of anilines is 2. The molecule has 0 heterocycles. The van der Waals surface area contributed by atoms with Crippen molar-refractivity contribution in [1.82, 2.24) is 0 Å². The van der Waals surface area contributed by atoms with Gasteiger partial charge in [0, 0.05) is 24.5 Å². The molecule has 0 aliphatic heterocycles. The van der Waals surface area contributed by atoms with Crippen molar-refractivity contribution in [2.24, 2.45) is 0 Å². The Hall–Kier alpha value is -2.41. The molecular formula is C28H24N2NiS4. The first-order valence-corrected chi connectivity index (χ1v) is 12.3. The summed E-state index contributed by atoms with van der Waals surface area (Å²) in [7, 11) is 0. The van der Waals surface area contributed by atoms with Crippen molar-refractivity contribution >= 4 is 69.7 Å². The maximum absolute atomic E-state index is 5.14. The minimum absolute atomic E-state index is 0. The van der Waals surface area contributed by atoms with Gasteiger partial charge in [-0.2, -0.15) is 0 Å². The molecule has 0 atom stereocenters. The Morgan fingerprint density at radius 1 is 0.486 bits per heavy atom. The Morgan fingerprint density at radius 3 is 1.00 bits per heavy atom. The molecule has 0 unspecified atom stereocenters. The fraction of sp³-hybridized carbons (Fsp3) is 0.0714. The Morgan fingerprint density at radius 2 is 0.743 bits per heavy atom. The van der Waals surface area contributed by atoms with E-state index in [-0.39, 0.29) is 16.5 Å². The normalized spacial score (nSPS) is 9.60. The molecule has 0 saturated carbocycles. The van der Waals surface area contributed by atoms with Crippen LogP contribution in [0, 0.1) is 0 Å². The summed E-state index contributed by atoms with van der Waals surface area (Å²) in [6, 6.07) is 40.3. The van der Waals surface area contributed by atoms with Gasteiger partial charge in [0.1, 0.15) is 0 Å². The molecule has 35 heavy (non-hydrogen) atoms. The Balaban J connectivity index is 0.000000240. The van der Waals surface area contributed by atoms with E-state index in [0.29, 0.717) is 21.7 Å². The van der Waals surface area contributed by atoms with Gasteiger partial charge in [0.05, 0.1) is 0 Å². The molecule has 4 aromatic carbocycles. The topological polar surface area (TPSA) is 6.48 Å². The van der Waals surface area contributed by atoms with Crippen LogP contribution in [-0.4, -0.2) is 8.64 Å². The maximum Gasteiger partial charge on any atom is 2.00 e. The molecule has 0 radical (unpaired) electrons. The van der Waals surface area contributed by atoms with Crippen LogP contribution in [0.4, 0.5) is 11.4 Å². The van der Waals surface area contributed by atoms with Crippen LogP contribution in [0.5, 0.6) is 0 Å². The van der Waals surface area contributed by atoms with Crippen LogP contribution < -0.4 is 9.80 Å². The van der Waals surface area contributed by atoms with Gasteiger partial charge in [0.2, 0.25) is 0 Å². The molecule has 0 saturated heterocycles. The van der Waals surface area contributed by atoms with Gasteiger partial charge in [0.15, 0.2) is 0 Å². The largest absolute Gasteiger partial charge is 2.00 e. The fourth-order valence-electron chi connectivity index (χ4n) is 3.27. The minimum atomic E-state index is 0. The standard InChI is InChI=1S/2C14H13NS2.Ni/c2*16-14(17)15(13-9-5-2-6-10-13)11-12-7-3-1-4-8-12;/h2*1-10H,11H2,(H,16,17);/q;;+2/p-2. The molecule has 0 amide bonds. The van der Waals surface area contributed by atoms with Crippen LogP contribution in [0.15, 0.2) is 121 Å². The Labute approximate surface area is 240 Å². The van der Waals surface area contributed by atoms with E-state index in [4.69, 9.17) is 49.7 Å². The van der Waals surface area contributed by atoms with Crippen molar-refractivity contribution in [3.8, 4) is 0 Å². The maximum atomic E-state index is 5.14. The van der Waals surface area contributed by atoms with Crippen molar-refractivity contribution in [3.05, 3.63) is 132 Å². The molecule has 0 spiro atoms. The molecule has 7 heteroatoms. The zero-order chi connectivity index (χ0) is 24.2. The van der Waals surface area contributed by atoms with Crippen LogP contribution in [0.1, 0.15) is 11.1 Å². The third-order valence-electron chi connectivity index (χ3n) is 4.94. The Kier molecular flexibility index (Phi) is 12.8. The summed E-state index contributed by atoms with van der Waals surface area (Å²) in [6.45, 7) is 1.43. The van der Waals surface area contributed by atoms with E-state index in [1.54, 1.807) is 0 Å². The molecule has 0 fully saturated rings. The number of thiocarbonyl (C=S) groups is 2. The van der Waals surface area contributed by atoms with Crippen LogP contribution in [-0.2, 0) is 54.8 Å². The van der Waals surface area contributed by atoms with Crippen LogP contribution in [0.25, 0.3) is 0 Å². The monoisotopic (exact) mass is 574 g/mol. The van der Waals surface area contributed by atoms with Gasteiger partial charge < -0.3 is 59.5 Å².